The van der Waals surface area contributed by atoms with Gasteiger partial charge in [-0.1, -0.05) is 38.5 Å². The zero-order valence-corrected chi connectivity index (χ0v) is 17.1. The Hall–Kier alpha value is -1.63. The second kappa shape index (κ2) is 14.4. The molecular weight excluding hydrogens is 344 g/mol. The maximum absolute atomic E-state index is 12.2. The molecule has 1 atom stereocenters. The molecule has 0 radical (unpaired) electrons. The molecule has 0 aliphatic heterocycles. The van der Waals surface area contributed by atoms with E-state index in [-0.39, 0.29) is 11.8 Å². The fourth-order valence-electron chi connectivity index (χ4n) is 3.59. The molecule has 1 aliphatic carbocycles. The van der Waals surface area contributed by atoms with E-state index in [1.54, 1.807) is 18.5 Å². The number of hydroxylamine groups is 2. The number of aliphatic imine (C=N–C) groups is 1. The quantitative estimate of drug-likeness (QED) is 0.209. The van der Waals surface area contributed by atoms with Crippen LogP contribution in [0.4, 0.5) is 0 Å². The van der Waals surface area contributed by atoms with Crippen LogP contribution in [0.25, 0.3) is 0 Å². The molecule has 7 nitrogen and oxygen atoms in total. The minimum atomic E-state index is -0.498. The number of unbranched alkanes of at least 4 members (excludes halogenated alkanes) is 4. The third-order valence-electron chi connectivity index (χ3n) is 5.15. The highest BCUT2D eigenvalue weighted by atomic mass is 16.7. The summed E-state index contributed by atoms with van der Waals surface area (Å²) in [6.45, 7) is 3.56. The fraction of sp³-hybridized carbons (Fsp3) is 0.850. The van der Waals surface area contributed by atoms with E-state index in [9.17, 15) is 9.59 Å². The number of hydrogen-bond acceptors (Lipinski definition) is 4. The largest absolute Gasteiger partial charge is 0.368 e. The summed E-state index contributed by atoms with van der Waals surface area (Å²) in [7, 11) is 1.65. The second-order valence-corrected chi connectivity index (χ2v) is 7.30. The Bertz CT molecular complexity index is 451. The van der Waals surface area contributed by atoms with Crippen molar-refractivity contribution in [2.45, 2.75) is 83.6 Å². The van der Waals surface area contributed by atoms with Crippen LogP contribution in [-0.2, 0) is 14.4 Å². The van der Waals surface area contributed by atoms with E-state index >= 15 is 0 Å². The van der Waals surface area contributed by atoms with Gasteiger partial charge >= 0.3 is 0 Å². The molecule has 0 unspecified atom stereocenters. The summed E-state index contributed by atoms with van der Waals surface area (Å²) < 4.78 is 0. The summed E-state index contributed by atoms with van der Waals surface area (Å²) in [5.41, 5.74) is 5.51. The van der Waals surface area contributed by atoms with Crippen LogP contribution in [0.1, 0.15) is 77.6 Å². The van der Waals surface area contributed by atoms with Gasteiger partial charge in [0.2, 0.25) is 11.8 Å². The van der Waals surface area contributed by atoms with Crippen molar-refractivity contribution in [3.8, 4) is 0 Å². The molecule has 0 aromatic heterocycles. The van der Waals surface area contributed by atoms with Crippen molar-refractivity contribution in [3.63, 3.8) is 0 Å². The first kappa shape index (κ1) is 23.4. The average molecular weight is 383 g/mol. The first-order chi connectivity index (χ1) is 13.1. The average Bonchev–Trinajstić information content (AvgIpc) is 2.68. The summed E-state index contributed by atoms with van der Waals surface area (Å²) in [5.74, 6) is -0.240. The van der Waals surface area contributed by atoms with Crippen LogP contribution in [0, 0.1) is 5.92 Å². The lowest BCUT2D eigenvalue weighted by molar-refractivity contribution is -0.129. The Labute approximate surface area is 164 Å². The molecule has 0 spiro atoms. The van der Waals surface area contributed by atoms with Crippen molar-refractivity contribution in [2.75, 3.05) is 20.2 Å². The standard InChI is InChI=1S/C20H38N4O3/c1-3-22-16-24(27-2)15-11-6-4-5-10-14-18(25)23-19(20(21)26)17-12-8-7-9-13-17/h16-17,19H,3-15H2,1-2H3,(H2,21,26)(H,23,25)/t19-/m0/s1. The minimum absolute atomic E-state index is 0.0503. The molecule has 0 aromatic rings. The first-order valence-corrected chi connectivity index (χ1v) is 10.5. The van der Waals surface area contributed by atoms with Crippen LogP contribution in [-0.4, -0.2) is 49.5 Å². The third kappa shape index (κ3) is 10.3. The summed E-state index contributed by atoms with van der Waals surface area (Å²) in [4.78, 5) is 33.2. The van der Waals surface area contributed by atoms with Crippen molar-refractivity contribution in [3.05, 3.63) is 0 Å². The Balaban J connectivity index is 2.13. The molecule has 2 amide bonds. The molecule has 1 fully saturated rings. The number of rotatable bonds is 14. The van der Waals surface area contributed by atoms with Gasteiger partial charge in [0, 0.05) is 19.5 Å². The van der Waals surface area contributed by atoms with Crippen LogP contribution >= 0.6 is 0 Å². The summed E-state index contributed by atoms with van der Waals surface area (Å²) in [6.07, 6.45) is 12.7. The normalized spacial score (nSPS) is 16.4. The van der Waals surface area contributed by atoms with Crippen LogP contribution < -0.4 is 11.1 Å². The van der Waals surface area contributed by atoms with Crippen LogP contribution in [0.3, 0.4) is 0 Å². The molecule has 0 bridgehead atoms. The van der Waals surface area contributed by atoms with Crippen molar-refractivity contribution >= 4 is 18.2 Å². The Morgan fingerprint density at radius 3 is 2.48 bits per heavy atom. The SMILES string of the molecule is CCN=CN(CCCCCCCC(=O)N[C@H](C(N)=O)C1CCCCC1)OC. The molecule has 1 rings (SSSR count). The number of amides is 2. The number of hydrogen-bond donors (Lipinski definition) is 2. The van der Waals surface area contributed by atoms with E-state index in [2.05, 4.69) is 10.3 Å². The third-order valence-corrected chi connectivity index (χ3v) is 5.15. The van der Waals surface area contributed by atoms with Gasteiger partial charge in [-0.15, -0.1) is 0 Å². The van der Waals surface area contributed by atoms with Gasteiger partial charge in [-0.05, 0) is 38.5 Å². The number of nitrogens with one attached hydrogen (secondary N) is 1. The lowest BCUT2D eigenvalue weighted by Crippen LogP contribution is -2.49. The van der Waals surface area contributed by atoms with Gasteiger partial charge in [0.25, 0.3) is 0 Å². The molecule has 0 heterocycles. The monoisotopic (exact) mass is 382 g/mol. The fourth-order valence-corrected chi connectivity index (χ4v) is 3.59. The van der Waals surface area contributed by atoms with E-state index in [0.717, 1.165) is 70.9 Å². The number of carbonyl (C=O) groups excluding carboxylic acids is 2. The molecule has 0 saturated heterocycles. The maximum atomic E-state index is 12.2. The molecule has 0 aromatic carbocycles. The van der Waals surface area contributed by atoms with Gasteiger partial charge in [0.1, 0.15) is 12.4 Å². The Morgan fingerprint density at radius 2 is 1.85 bits per heavy atom. The van der Waals surface area contributed by atoms with Crippen molar-refractivity contribution in [1.29, 1.82) is 0 Å². The lowest BCUT2D eigenvalue weighted by atomic mass is 9.83. The summed E-state index contributed by atoms with van der Waals surface area (Å²) >= 11 is 0. The highest BCUT2D eigenvalue weighted by Crippen LogP contribution is 2.26. The molecule has 3 N–H and O–H groups in total. The van der Waals surface area contributed by atoms with E-state index < -0.39 is 11.9 Å². The van der Waals surface area contributed by atoms with E-state index in [0.29, 0.717) is 6.42 Å². The number of carbonyl (C=O) groups is 2. The van der Waals surface area contributed by atoms with E-state index in [4.69, 9.17) is 10.6 Å². The highest BCUT2D eigenvalue weighted by Gasteiger charge is 2.28. The zero-order chi connectivity index (χ0) is 19.9. The predicted octanol–water partition coefficient (Wildman–Crippen LogP) is 2.79. The summed E-state index contributed by atoms with van der Waals surface area (Å²) in [5, 5.41) is 4.62. The van der Waals surface area contributed by atoms with Gasteiger partial charge in [-0.2, -0.15) is 0 Å². The lowest BCUT2D eigenvalue weighted by Gasteiger charge is -2.28. The van der Waals surface area contributed by atoms with Gasteiger partial charge in [-0.3, -0.25) is 19.4 Å². The topological polar surface area (TPSA) is 97.0 Å². The number of primary amides is 1. The van der Waals surface area contributed by atoms with E-state index in [1.807, 2.05) is 6.92 Å². The first-order valence-electron chi connectivity index (χ1n) is 10.5. The van der Waals surface area contributed by atoms with Crippen molar-refractivity contribution < 1.29 is 14.4 Å². The highest BCUT2D eigenvalue weighted by molar-refractivity contribution is 5.86. The van der Waals surface area contributed by atoms with Gasteiger partial charge in [-0.25, -0.2) is 5.06 Å². The van der Waals surface area contributed by atoms with Gasteiger partial charge in [0.15, 0.2) is 0 Å². The zero-order valence-electron chi connectivity index (χ0n) is 17.1. The molecule has 7 heteroatoms. The van der Waals surface area contributed by atoms with Crippen LogP contribution in [0.2, 0.25) is 0 Å². The smallest absolute Gasteiger partial charge is 0.240 e. The van der Waals surface area contributed by atoms with Crippen LogP contribution in [0.15, 0.2) is 4.99 Å². The Kier molecular flexibility index (Phi) is 12.5. The number of nitrogens with two attached hydrogens (primary N) is 1. The van der Waals surface area contributed by atoms with E-state index in [1.165, 1.54) is 6.42 Å². The molecule has 1 saturated carbocycles. The Morgan fingerprint density at radius 1 is 1.19 bits per heavy atom. The summed E-state index contributed by atoms with van der Waals surface area (Å²) in [6, 6.07) is -0.498. The molecular formula is C20H38N4O3. The minimum Gasteiger partial charge on any atom is -0.368 e. The van der Waals surface area contributed by atoms with Gasteiger partial charge in [0.05, 0.1) is 7.11 Å². The predicted molar refractivity (Wildman–Crippen MR) is 108 cm³/mol. The van der Waals surface area contributed by atoms with Crippen LogP contribution in [0.5, 0.6) is 0 Å². The number of nitrogens with zero attached hydrogens (tertiary/aromatic N) is 2. The van der Waals surface area contributed by atoms with Gasteiger partial charge < -0.3 is 11.1 Å². The molecule has 27 heavy (non-hydrogen) atoms. The maximum Gasteiger partial charge on any atom is 0.240 e. The molecule has 156 valence electrons. The van der Waals surface area contributed by atoms with Crippen molar-refractivity contribution in [2.24, 2.45) is 16.6 Å². The molecule has 1 aliphatic rings. The van der Waals surface area contributed by atoms with Crippen molar-refractivity contribution in [1.82, 2.24) is 10.4 Å². The second-order valence-electron chi connectivity index (χ2n) is 7.30.